The third-order valence-corrected chi connectivity index (χ3v) is 3.91. The molecule has 25 heavy (non-hydrogen) atoms. The van der Waals surface area contributed by atoms with E-state index >= 15 is 0 Å². The molecule has 9 heteroatoms. The van der Waals surface area contributed by atoms with Gasteiger partial charge in [-0.1, -0.05) is 23.9 Å². The number of aromatic hydroxyl groups is 1. The Balaban J connectivity index is 2.03. The Kier molecular flexibility index (Phi) is 6.51. The van der Waals surface area contributed by atoms with Gasteiger partial charge in [0.2, 0.25) is 5.88 Å². The highest BCUT2D eigenvalue weighted by Gasteiger charge is 2.12. The highest BCUT2D eigenvalue weighted by molar-refractivity contribution is 7.98. The minimum Gasteiger partial charge on any atom is -0.493 e. The molecule has 1 aromatic heterocycles. The van der Waals surface area contributed by atoms with Gasteiger partial charge < -0.3 is 15.2 Å². The van der Waals surface area contributed by atoms with Crippen molar-refractivity contribution in [1.82, 2.24) is 9.97 Å². The first-order chi connectivity index (χ1) is 11.8. The van der Waals surface area contributed by atoms with E-state index in [1.54, 1.807) is 6.92 Å². The molecular weight excluding hydrogens is 352 g/mol. The molecule has 0 amide bonds. The van der Waals surface area contributed by atoms with Crippen LogP contribution in [0.1, 0.15) is 19.4 Å². The molecule has 2 rings (SSSR count). The van der Waals surface area contributed by atoms with Crippen LogP contribution in [0.2, 0.25) is 0 Å². The average molecular weight is 369 g/mol. The molecule has 0 aliphatic carbocycles. The van der Waals surface area contributed by atoms with E-state index in [4.69, 9.17) is 4.74 Å². The minimum absolute atomic E-state index is 0.107. The highest BCUT2D eigenvalue weighted by atomic mass is 32.2. The van der Waals surface area contributed by atoms with E-state index < -0.39 is 17.6 Å². The maximum atomic E-state index is 13.7. The topological polar surface area (TPSA) is 84.3 Å². The molecular formula is C16H17F2N3O3S. The maximum absolute atomic E-state index is 13.7. The monoisotopic (exact) mass is 369 g/mol. The van der Waals surface area contributed by atoms with Gasteiger partial charge in [0, 0.05) is 24.3 Å². The summed E-state index contributed by atoms with van der Waals surface area (Å²) >= 11 is 1.06. The number of halogens is 2. The second-order valence-corrected chi connectivity index (χ2v) is 6.19. The summed E-state index contributed by atoms with van der Waals surface area (Å²) in [6, 6.07) is 5.00. The number of carbonyl (C=O) groups is 1. The van der Waals surface area contributed by atoms with Crippen LogP contribution in [-0.2, 0) is 15.3 Å². The van der Waals surface area contributed by atoms with Crippen molar-refractivity contribution in [2.75, 3.05) is 11.9 Å². The zero-order valence-electron chi connectivity index (χ0n) is 13.6. The molecule has 2 N–H and O–H groups in total. The van der Waals surface area contributed by atoms with Crippen LogP contribution >= 0.6 is 11.8 Å². The Morgan fingerprint density at radius 2 is 2.16 bits per heavy atom. The van der Waals surface area contributed by atoms with Crippen LogP contribution < -0.4 is 5.32 Å². The molecule has 2 aromatic rings. The first-order valence-electron chi connectivity index (χ1n) is 7.38. The maximum Gasteiger partial charge on any atom is 0.302 e. The number of thioether (sulfide) groups is 1. The van der Waals surface area contributed by atoms with E-state index in [2.05, 4.69) is 15.3 Å². The summed E-state index contributed by atoms with van der Waals surface area (Å²) in [4.78, 5) is 18.8. The van der Waals surface area contributed by atoms with Crippen LogP contribution in [0, 0.1) is 11.6 Å². The van der Waals surface area contributed by atoms with Crippen molar-refractivity contribution in [3.63, 3.8) is 0 Å². The van der Waals surface area contributed by atoms with E-state index in [1.807, 2.05) is 0 Å². The van der Waals surface area contributed by atoms with Crippen molar-refractivity contribution in [2.45, 2.75) is 30.8 Å². The predicted octanol–water partition coefficient (Wildman–Crippen LogP) is 3.12. The van der Waals surface area contributed by atoms with Crippen molar-refractivity contribution in [2.24, 2.45) is 0 Å². The van der Waals surface area contributed by atoms with Crippen molar-refractivity contribution in [3.8, 4) is 5.88 Å². The summed E-state index contributed by atoms with van der Waals surface area (Å²) in [6.45, 7) is 3.22. The predicted molar refractivity (Wildman–Crippen MR) is 89.3 cm³/mol. The third kappa shape index (κ3) is 5.86. The lowest BCUT2D eigenvalue weighted by Gasteiger charge is -2.14. The molecule has 1 aromatic carbocycles. The second kappa shape index (κ2) is 8.61. The van der Waals surface area contributed by atoms with Crippen LogP contribution in [0.4, 0.5) is 14.6 Å². The Hall–Kier alpha value is -2.42. The molecule has 0 unspecified atom stereocenters. The van der Waals surface area contributed by atoms with Crippen molar-refractivity contribution >= 4 is 23.5 Å². The number of hydrogen-bond donors (Lipinski definition) is 2. The van der Waals surface area contributed by atoms with Crippen LogP contribution in [0.15, 0.2) is 29.4 Å². The summed E-state index contributed by atoms with van der Waals surface area (Å²) in [6.07, 6.45) is 0. The van der Waals surface area contributed by atoms with E-state index in [1.165, 1.54) is 25.1 Å². The normalized spacial score (nSPS) is 11.8. The lowest BCUT2D eigenvalue weighted by molar-refractivity contribution is -0.141. The number of nitrogens with one attached hydrogen (secondary N) is 1. The SMILES string of the molecule is CC(=O)OC[C@@H](C)Nc1cc(O)nc(SCc2cccc(F)c2F)n1. The summed E-state index contributed by atoms with van der Waals surface area (Å²) in [5.74, 6) is -2.06. The van der Waals surface area contributed by atoms with Crippen LogP contribution in [0.3, 0.4) is 0 Å². The smallest absolute Gasteiger partial charge is 0.302 e. The first-order valence-corrected chi connectivity index (χ1v) is 8.37. The van der Waals surface area contributed by atoms with E-state index in [0.29, 0.717) is 5.82 Å². The fourth-order valence-corrected chi connectivity index (χ4v) is 2.72. The van der Waals surface area contributed by atoms with Crippen molar-refractivity contribution < 1.29 is 23.4 Å². The summed E-state index contributed by atoms with van der Waals surface area (Å²) in [5.41, 5.74) is 0.176. The molecule has 134 valence electrons. The van der Waals surface area contributed by atoms with Crippen LogP contribution in [0.5, 0.6) is 5.88 Å². The van der Waals surface area contributed by atoms with Crippen LogP contribution in [0.25, 0.3) is 0 Å². The van der Waals surface area contributed by atoms with Gasteiger partial charge in [0.05, 0.1) is 6.04 Å². The molecule has 1 atom stereocenters. The molecule has 0 fully saturated rings. The van der Waals surface area contributed by atoms with Gasteiger partial charge in [0.25, 0.3) is 0 Å². The summed E-state index contributed by atoms with van der Waals surface area (Å²) in [7, 11) is 0. The Labute approximate surface area is 147 Å². The number of rotatable bonds is 7. The number of ether oxygens (including phenoxy) is 1. The van der Waals surface area contributed by atoms with Gasteiger partial charge in [0.15, 0.2) is 16.8 Å². The molecule has 0 spiro atoms. The number of carbonyl (C=O) groups excluding carboxylic acids is 1. The fraction of sp³-hybridized carbons (Fsp3) is 0.312. The zero-order valence-corrected chi connectivity index (χ0v) is 14.4. The zero-order chi connectivity index (χ0) is 18.4. The van der Waals surface area contributed by atoms with E-state index in [-0.39, 0.29) is 35.0 Å². The molecule has 0 radical (unpaired) electrons. The van der Waals surface area contributed by atoms with Gasteiger partial charge in [-0.3, -0.25) is 4.79 Å². The van der Waals surface area contributed by atoms with Crippen molar-refractivity contribution in [1.29, 1.82) is 0 Å². The standard InChI is InChI=1S/C16H17F2N3O3S/c1-9(7-24-10(2)22)19-13-6-14(23)21-16(20-13)25-8-11-4-3-5-12(17)15(11)18/h3-6,9H,7-8H2,1-2H3,(H2,19,20,21,23)/t9-/m1/s1. The lowest BCUT2D eigenvalue weighted by Crippen LogP contribution is -2.23. The molecule has 0 saturated heterocycles. The molecule has 0 aliphatic rings. The van der Waals surface area contributed by atoms with Gasteiger partial charge in [-0.2, -0.15) is 4.98 Å². The van der Waals surface area contributed by atoms with Crippen LogP contribution in [-0.4, -0.2) is 33.7 Å². The Bertz CT molecular complexity index is 761. The third-order valence-electron chi connectivity index (χ3n) is 3.01. The molecule has 0 aliphatic heterocycles. The number of anilines is 1. The summed E-state index contributed by atoms with van der Waals surface area (Å²) in [5, 5.41) is 12.9. The quantitative estimate of drug-likeness (QED) is 0.441. The van der Waals surface area contributed by atoms with Gasteiger partial charge in [0.1, 0.15) is 12.4 Å². The minimum atomic E-state index is -0.920. The summed E-state index contributed by atoms with van der Waals surface area (Å²) < 4.78 is 31.7. The van der Waals surface area contributed by atoms with E-state index in [0.717, 1.165) is 17.8 Å². The number of esters is 1. The largest absolute Gasteiger partial charge is 0.493 e. The lowest BCUT2D eigenvalue weighted by atomic mass is 10.2. The fourth-order valence-electron chi connectivity index (χ4n) is 1.89. The number of hydrogen-bond acceptors (Lipinski definition) is 7. The van der Waals surface area contributed by atoms with Gasteiger partial charge >= 0.3 is 5.97 Å². The number of benzene rings is 1. The highest BCUT2D eigenvalue weighted by Crippen LogP contribution is 2.25. The van der Waals surface area contributed by atoms with Gasteiger partial charge in [-0.15, -0.1) is 0 Å². The first kappa shape index (κ1) is 18.9. The molecule has 6 nitrogen and oxygen atoms in total. The van der Waals surface area contributed by atoms with Gasteiger partial charge in [-0.05, 0) is 13.0 Å². The van der Waals surface area contributed by atoms with E-state index in [9.17, 15) is 18.7 Å². The average Bonchev–Trinajstić information content (AvgIpc) is 2.54. The molecule has 1 heterocycles. The Morgan fingerprint density at radius 3 is 2.88 bits per heavy atom. The number of aromatic nitrogens is 2. The molecule has 0 saturated carbocycles. The Morgan fingerprint density at radius 1 is 1.40 bits per heavy atom. The number of nitrogens with zero attached hydrogens (tertiary/aromatic N) is 2. The van der Waals surface area contributed by atoms with Crippen molar-refractivity contribution in [3.05, 3.63) is 41.5 Å². The second-order valence-electron chi connectivity index (χ2n) is 5.24. The van der Waals surface area contributed by atoms with Gasteiger partial charge in [-0.25, -0.2) is 13.8 Å². The molecule has 0 bridgehead atoms.